The van der Waals surface area contributed by atoms with E-state index >= 15 is 0 Å². The van der Waals surface area contributed by atoms with Crippen LogP contribution in [0.3, 0.4) is 0 Å². The molecule has 1 fully saturated rings. The van der Waals surface area contributed by atoms with E-state index in [4.69, 9.17) is 17.3 Å². The number of nitro benzene ring substituents is 1. The molecule has 1 saturated heterocycles. The average molecular weight is 334 g/mol. The molecule has 1 aliphatic heterocycles. The number of hydrogen-bond acceptors (Lipinski definition) is 5. The highest BCUT2D eigenvalue weighted by molar-refractivity contribution is 7.89. The van der Waals surface area contributed by atoms with Gasteiger partial charge in [-0.15, -0.1) is 0 Å². The quantitative estimate of drug-likeness (QED) is 0.666. The smallest absolute Gasteiger partial charge is 0.275 e. The van der Waals surface area contributed by atoms with Gasteiger partial charge in [0, 0.05) is 30.8 Å². The van der Waals surface area contributed by atoms with Gasteiger partial charge in [0.1, 0.15) is 0 Å². The van der Waals surface area contributed by atoms with E-state index in [2.05, 4.69) is 0 Å². The summed E-state index contributed by atoms with van der Waals surface area (Å²) in [6, 6.07) is 2.04. The summed E-state index contributed by atoms with van der Waals surface area (Å²) in [7, 11) is -3.83. The fraction of sp³-hybridized carbons (Fsp3) is 0.500. The van der Waals surface area contributed by atoms with Gasteiger partial charge in [-0.25, -0.2) is 8.42 Å². The Balaban J connectivity index is 2.53. The Morgan fingerprint density at radius 1 is 1.52 bits per heavy atom. The van der Waals surface area contributed by atoms with E-state index in [0.717, 1.165) is 12.5 Å². The number of nitrogens with two attached hydrogens (primary N) is 1. The number of rotatable bonds is 4. The molecule has 2 rings (SSSR count). The number of benzene rings is 1. The van der Waals surface area contributed by atoms with Crippen molar-refractivity contribution in [1.29, 1.82) is 0 Å². The number of halogens is 1. The van der Waals surface area contributed by atoms with Crippen molar-refractivity contribution in [2.24, 2.45) is 5.73 Å². The molecule has 1 aromatic carbocycles. The van der Waals surface area contributed by atoms with Crippen molar-refractivity contribution in [3.8, 4) is 0 Å². The van der Waals surface area contributed by atoms with E-state index in [1.807, 2.05) is 0 Å². The summed E-state index contributed by atoms with van der Waals surface area (Å²) in [4.78, 5) is 10.2. The van der Waals surface area contributed by atoms with E-state index in [-0.39, 0.29) is 33.8 Å². The zero-order valence-corrected chi connectivity index (χ0v) is 13.0. The Bertz CT molecular complexity index is 677. The molecule has 0 spiro atoms. The van der Waals surface area contributed by atoms with E-state index in [0.29, 0.717) is 13.0 Å². The van der Waals surface area contributed by atoms with Gasteiger partial charge >= 0.3 is 0 Å². The first-order valence-corrected chi connectivity index (χ1v) is 8.27. The van der Waals surface area contributed by atoms with Gasteiger partial charge in [-0.1, -0.05) is 11.6 Å². The topological polar surface area (TPSA) is 107 Å². The first-order valence-electron chi connectivity index (χ1n) is 6.45. The zero-order chi connectivity index (χ0) is 15.8. The minimum Gasteiger partial charge on any atom is -0.329 e. The molecule has 1 aliphatic rings. The highest BCUT2D eigenvalue weighted by atomic mass is 35.5. The largest absolute Gasteiger partial charge is 0.329 e. The van der Waals surface area contributed by atoms with Crippen molar-refractivity contribution >= 4 is 27.3 Å². The van der Waals surface area contributed by atoms with Crippen LogP contribution in [-0.2, 0) is 10.0 Å². The Hall–Kier alpha value is -1.22. The van der Waals surface area contributed by atoms with Gasteiger partial charge < -0.3 is 5.73 Å². The summed E-state index contributed by atoms with van der Waals surface area (Å²) < 4.78 is 26.6. The summed E-state index contributed by atoms with van der Waals surface area (Å²) in [6.07, 6.45) is 1.42. The van der Waals surface area contributed by atoms with Gasteiger partial charge in [-0.2, -0.15) is 4.31 Å². The molecule has 1 atom stereocenters. The fourth-order valence-electron chi connectivity index (χ4n) is 2.48. The molecule has 1 heterocycles. The predicted molar refractivity (Wildman–Crippen MR) is 78.8 cm³/mol. The van der Waals surface area contributed by atoms with Crippen LogP contribution in [0.15, 0.2) is 17.0 Å². The SMILES string of the molecule is Cc1c(Cl)cc(S(=O)(=O)N2CCCC2CN)cc1[N+](=O)[O-]. The van der Waals surface area contributed by atoms with Crippen LogP contribution in [0.2, 0.25) is 5.02 Å². The van der Waals surface area contributed by atoms with Crippen molar-refractivity contribution < 1.29 is 13.3 Å². The minimum absolute atomic E-state index is 0.0614. The maximum absolute atomic E-state index is 12.6. The first kappa shape index (κ1) is 16.2. The summed E-state index contributed by atoms with van der Waals surface area (Å²) >= 11 is 5.93. The predicted octanol–water partition coefficient (Wildman–Crippen LogP) is 1.67. The van der Waals surface area contributed by atoms with Crippen molar-refractivity contribution in [3.05, 3.63) is 32.8 Å². The monoisotopic (exact) mass is 333 g/mol. The molecule has 1 unspecified atom stereocenters. The van der Waals surface area contributed by atoms with Crippen LogP contribution in [0.5, 0.6) is 0 Å². The molecule has 0 aromatic heterocycles. The molecule has 0 bridgehead atoms. The highest BCUT2D eigenvalue weighted by Gasteiger charge is 2.35. The maximum Gasteiger partial charge on any atom is 0.275 e. The average Bonchev–Trinajstić information content (AvgIpc) is 2.90. The molecular weight excluding hydrogens is 318 g/mol. The first-order chi connectivity index (χ1) is 9.78. The molecular formula is C12H16ClN3O4S. The van der Waals surface area contributed by atoms with Crippen LogP contribution in [0.4, 0.5) is 5.69 Å². The van der Waals surface area contributed by atoms with Gasteiger partial charge in [0.25, 0.3) is 5.69 Å². The highest BCUT2D eigenvalue weighted by Crippen LogP contribution is 2.33. The Morgan fingerprint density at radius 2 is 2.19 bits per heavy atom. The second-order valence-electron chi connectivity index (χ2n) is 4.95. The molecule has 21 heavy (non-hydrogen) atoms. The molecule has 7 nitrogen and oxygen atoms in total. The number of nitrogens with zero attached hydrogens (tertiary/aromatic N) is 2. The summed E-state index contributed by atoms with van der Waals surface area (Å²) in [6.45, 7) is 2.07. The number of nitro groups is 1. The second-order valence-corrected chi connectivity index (χ2v) is 7.25. The Kier molecular flexibility index (Phi) is 4.52. The maximum atomic E-state index is 12.6. The third-order valence-electron chi connectivity index (χ3n) is 3.69. The van der Waals surface area contributed by atoms with E-state index in [1.165, 1.54) is 17.3 Å². The van der Waals surface area contributed by atoms with Crippen LogP contribution in [0.1, 0.15) is 18.4 Å². The third kappa shape index (κ3) is 2.89. The lowest BCUT2D eigenvalue weighted by Gasteiger charge is -2.23. The van der Waals surface area contributed by atoms with Crippen molar-refractivity contribution in [1.82, 2.24) is 4.31 Å². The van der Waals surface area contributed by atoms with Gasteiger partial charge in [-0.05, 0) is 25.8 Å². The molecule has 0 saturated carbocycles. The number of sulfonamides is 1. The molecule has 116 valence electrons. The molecule has 2 N–H and O–H groups in total. The zero-order valence-electron chi connectivity index (χ0n) is 11.5. The van der Waals surface area contributed by atoms with Crippen LogP contribution in [-0.4, -0.2) is 36.8 Å². The normalized spacial score (nSPS) is 19.9. The standard InChI is InChI=1S/C12H16ClN3O4S/c1-8-11(13)5-10(6-12(8)16(17)18)21(19,20)15-4-2-3-9(15)7-14/h5-6,9H,2-4,7,14H2,1H3. The van der Waals surface area contributed by atoms with Gasteiger partial charge in [-0.3, -0.25) is 10.1 Å². The summed E-state index contributed by atoms with van der Waals surface area (Å²) in [5.74, 6) is 0. The Labute approximate surface area is 127 Å². The van der Waals surface area contributed by atoms with Crippen molar-refractivity contribution in [2.75, 3.05) is 13.1 Å². The van der Waals surface area contributed by atoms with Gasteiger partial charge in [0.05, 0.1) is 14.8 Å². The van der Waals surface area contributed by atoms with Crippen molar-refractivity contribution in [3.63, 3.8) is 0 Å². The van der Waals surface area contributed by atoms with E-state index in [1.54, 1.807) is 0 Å². The molecule has 0 radical (unpaired) electrons. The Morgan fingerprint density at radius 3 is 2.76 bits per heavy atom. The number of hydrogen-bond donors (Lipinski definition) is 1. The third-order valence-corrected chi connectivity index (χ3v) is 6.01. The van der Waals surface area contributed by atoms with Gasteiger partial charge in [0.15, 0.2) is 0 Å². The lowest BCUT2D eigenvalue weighted by molar-refractivity contribution is -0.385. The summed E-state index contributed by atoms with van der Waals surface area (Å²) in [5, 5.41) is 11.1. The van der Waals surface area contributed by atoms with E-state index < -0.39 is 14.9 Å². The van der Waals surface area contributed by atoms with Crippen LogP contribution in [0.25, 0.3) is 0 Å². The van der Waals surface area contributed by atoms with Crippen molar-refractivity contribution in [2.45, 2.75) is 30.7 Å². The summed E-state index contributed by atoms with van der Waals surface area (Å²) in [5.41, 5.74) is 5.54. The second kappa shape index (κ2) is 5.88. The minimum atomic E-state index is -3.83. The molecule has 9 heteroatoms. The lowest BCUT2D eigenvalue weighted by atomic mass is 10.2. The van der Waals surface area contributed by atoms with E-state index in [9.17, 15) is 18.5 Å². The van der Waals surface area contributed by atoms with Crippen LogP contribution < -0.4 is 5.73 Å². The molecule has 1 aromatic rings. The van der Waals surface area contributed by atoms with Crippen LogP contribution in [0, 0.1) is 17.0 Å². The fourth-order valence-corrected chi connectivity index (χ4v) is 4.51. The lowest BCUT2D eigenvalue weighted by Crippen LogP contribution is -2.39. The molecule has 0 amide bonds. The molecule has 0 aliphatic carbocycles. The van der Waals surface area contributed by atoms with Gasteiger partial charge in [0.2, 0.25) is 10.0 Å². The van der Waals surface area contributed by atoms with Crippen LogP contribution >= 0.6 is 11.6 Å².